The van der Waals surface area contributed by atoms with Gasteiger partial charge in [-0.05, 0) is 12.5 Å². The van der Waals surface area contributed by atoms with Crippen LogP contribution in [-0.2, 0) is 5.88 Å². The number of hydrogen-bond donors (Lipinski definition) is 0. The minimum Gasteiger partial charge on any atom is -0.497 e. The van der Waals surface area contributed by atoms with Crippen LogP contribution in [0.2, 0.25) is 0 Å². The summed E-state index contributed by atoms with van der Waals surface area (Å²) >= 11 is 5.87. The molecule has 0 unspecified atom stereocenters. The Hall–Kier alpha value is -0.890. The van der Waals surface area contributed by atoms with Gasteiger partial charge in [-0.3, -0.25) is 0 Å². The molecule has 1 aromatic carbocycles. The summed E-state index contributed by atoms with van der Waals surface area (Å²) < 4.78 is 10.9. The third kappa shape index (κ3) is 4.86. The summed E-state index contributed by atoms with van der Waals surface area (Å²) in [6.07, 6.45) is 4.82. The van der Waals surface area contributed by atoms with Crippen LogP contribution in [0.1, 0.15) is 38.2 Å². The smallest absolute Gasteiger partial charge is 0.127 e. The molecule has 0 fully saturated rings. The van der Waals surface area contributed by atoms with Gasteiger partial charge in [0.05, 0.1) is 19.6 Å². The molecule has 0 saturated carbocycles. The molecule has 1 rings (SSSR count). The van der Waals surface area contributed by atoms with Gasteiger partial charge in [-0.25, -0.2) is 0 Å². The molecule has 0 spiro atoms. The van der Waals surface area contributed by atoms with E-state index in [1.54, 1.807) is 7.11 Å². The Morgan fingerprint density at radius 3 is 2.65 bits per heavy atom. The molecule has 0 aliphatic carbocycles. The molecule has 96 valence electrons. The molecule has 2 nitrogen and oxygen atoms in total. The molecular formula is C14H21ClO2. The van der Waals surface area contributed by atoms with Crippen LogP contribution in [0.3, 0.4) is 0 Å². The summed E-state index contributed by atoms with van der Waals surface area (Å²) in [7, 11) is 1.65. The van der Waals surface area contributed by atoms with Gasteiger partial charge in [-0.15, -0.1) is 11.6 Å². The van der Waals surface area contributed by atoms with Gasteiger partial charge in [-0.2, -0.15) is 0 Å². The van der Waals surface area contributed by atoms with Gasteiger partial charge < -0.3 is 9.47 Å². The minimum absolute atomic E-state index is 0.467. The normalized spacial score (nSPS) is 10.3. The molecule has 0 bridgehead atoms. The maximum atomic E-state index is 5.87. The van der Waals surface area contributed by atoms with Crippen LogP contribution < -0.4 is 9.47 Å². The number of ether oxygens (including phenoxy) is 2. The van der Waals surface area contributed by atoms with E-state index in [0.717, 1.165) is 30.1 Å². The van der Waals surface area contributed by atoms with Crippen molar-refractivity contribution in [1.82, 2.24) is 0 Å². The van der Waals surface area contributed by atoms with Crippen molar-refractivity contribution in [3.05, 3.63) is 23.8 Å². The standard InChI is InChI=1S/C14H21ClO2/c1-3-4-5-6-9-17-14-10-13(16-2)8-7-12(14)11-15/h7-8,10H,3-6,9,11H2,1-2H3. The van der Waals surface area contributed by atoms with E-state index >= 15 is 0 Å². The van der Waals surface area contributed by atoms with Gasteiger partial charge in [-0.1, -0.05) is 32.3 Å². The van der Waals surface area contributed by atoms with Crippen molar-refractivity contribution in [3.8, 4) is 11.5 Å². The molecule has 0 aliphatic heterocycles. The molecule has 0 saturated heterocycles. The fraction of sp³-hybridized carbons (Fsp3) is 0.571. The van der Waals surface area contributed by atoms with E-state index < -0.39 is 0 Å². The van der Waals surface area contributed by atoms with Gasteiger partial charge in [0.15, 0.2) is 0 Å². The highest BCUT2D eigenvalue weighted by Crippen LogP contribution is 2.26. The second kappa shape index (κ2) is 8.24. The largest absolute Gasteiger partial charge is 0.497 e. The van der Waals surface area contributed by atoms with Crippen molar-refractivity contribution in [3.63, 3.8) is 0 Å². The molecule has 0 aromatic heterocycles. The first-order valence-corrected chi connectivity index (χ1v) is 6.71. The first-order chi connectivity index (χ1) is 8.31. The van der Waals surface area contributed by atoms with Crippen LogP contribution in [0.15, 0.2) is 18.2 Å². The Morgan fingerprint density at radius 1 is 1.18 bits per heavy atom. The van der Waals surface area contributed by atoms with E-state index in [0.29, 0.717) is 5.88 Å². The van der Waals surface area contributed by atoms with Crippen molar-refractivity contribution in [2.45, 2.75) is 38.5 Å². The highest BCUT2D eigenvalue weighted by molar-refractivity contribution is 6.17. The van der Waals surface area contributed by atoms with Crippen molar-refractivity contribution in [2.75, 3.05) is 13.7 Å². The predicted molar refractivity (Wildman–Crippen MR) is 72.2 cm³/mol. The fourth-order valence-corrected chi connectivity index (χ4v) is 1.84. The van der Waals surface area contributed by atoms with Gasteiger partial charge in [0.25, 0.3) is 0 Å². The maximum Gasteiger partial charge on any atom is 0.127 e. The summed E-state index contributed by atoms with van der Waals surface area (Å²) in [6.45, 7) is 2.95. The van der Waals surface area contributed by atoms with E-state index in [9.17, 15) is 0 Å². The molecule has 3 heteroatoms. The van der Waals surface area contributed by atoms with Crippen LogP contribution in [0.4, 0.5) is 0 Å². The average Bonchev–Trinajstić information content (AvgIpc) is 2.38. The number of rotatable bonds is 8. The first-order valence-electron chi connectivity index (χ1n) is 6.17. The number of methoxy groups -OCH3 is 1. The van der Waals surface area contributed by atoms with Crippen molar-refractivity contribution in [1.29, 1.82) is 0 Å². The van der Waals surface area contributed by atoms with Crippen molar-refractivity contribution >= 4 is 11.6 Å². The molecular weight excluding hydrogens is 236 g/mol. The summed E-state index contributed by atoms with van der Waals surface area (Å²) in [6, 6.07) is 5.76. The van der Waals surface area contributed by atoms with Gasteiger partial charge in [0, 0.05) is 11.6 Å². The minimum atomic E-state index is 0.467. The van der Waals surface area contributed by atoms with Gasteiger partial charge in [0.2, 0.25) is 0 Å². The SMILES string of the molecule is CCCCCCOc1cc(OC)ccc1CCl. The van der Waals surface area contributed by atoms with Crippen LogP contribution in [0.25, 0.3) is 0 Å². The van der Waals surface area contributed by atoms with E-state index in [1.807, 2.05) is 18.2 Å². The van der Waals surface area contributed by atoms with E-state index in [4.69, 9.17) is 21.1 Å². The van der Waals surface area contributed by atoms with Gasteiger partial charge in [0.1, 0.15) is 11.5 Å². The average molecular weight is 257 g/mol. The second-order valence-electron chi connectivity index (χ2n) is 4.02. The third-order valence-electron chi connectivity index (χ3n) is 2.67. The Kier molecular flexibility index (Phi) is 6.87. The molecule has 0 atom stereocenters. The highest BCUT2D eigenvalue weighted by Gasteiger charge is 2.04. The molecule has 0 amide bonds. The van der Waals surface area contributed by atoms with E-state index in [-0.39, 0.29) is 0 Å². The summed E-state index contributed by atoms with van der Waals surface area (Å²) in [5.41, 5.74) is 1.02. The Labute approximate surface area is 109 Å². The van der Waals surface area contributed by atoms with Crippen molar-refractivity contribution in [2.24, 2.45) is 0 Å². The lowest BCUT2D eigenvalue weighted by Gasteiger charge is -2.11. The van der Waals surface area contributed by atoms with Crippen LogP contribution >= 0.6 is 11.6 Å². The molecule has 17 heavy (non-hydrogen) atoms. The third-order valence-corrected chi connectivity index (χ3v) is 2.96. The Balaban J connectivity index is 2.49. The molecule has 0 radical (unpaired) electrons. The Morgan fingerprint density at radius 2 is 2.00 bits per heavy atom. The predicted octanol–water partition coefficient (Wildman–Crippen LogP) is 4.39. The molecule has 0 aliphatic rings. The topological polar surface area (TPSA) is 18.5 Å². The van der Waals surface area contributed by atoms with Crippen LogP contribution in [0, 0.1) is 0 Å². The zero-order valence-corrected chi connectivity index (χ0v) is 11.4. The van der Waals surface area contributed by atoms with Crippen molar-refractivity contribution < 1.29 is 9.47 Å². The monoisotopic (exact) mass is 256 g/mol. The second-order valence-corrected chi connectivity index (χ2v) is 4.28. The lowest BCUT2D eigenvalue weighted by molar-refractivity contribution is 0.300. The quantitative estimate of drug-likeness (QED) is 0.507. The Bertz CT molecular complexity index is 326. The molecule has 0 N–H and O–H groups in total. The zero-order chi connectivity index (χ0) is 12.5. The fourth-order valence-electron chi connectivity index (χ4n) is 1.62. The summed E-state index contributed by atoms with van der Waals surface area (Å²) in [5, 5.41) is 0. The van der Waals surface area contributed by atoms with E-state index in [2.05, 4.69) is 6.92 Å². The number of halogens is 1. The molecule has 1 aromatic rings. The highest BCUT2D eigenvalue weighted by atomic mass is 35.5. The maximum absolute atomic E-state index is 5.87. The lowest BCUT2D eigenvalue weighted by atomic mass is 10.2. The first kappa shape index (κ1) is 14.2. The number of unbranched alkanes of at least 4 members (excludes halogenated alkanes) is 3. The lowest BCUT2D eigenvalue weighted by Crippen LogP contribution is -2.00. The van der Waals surface area contributed by atoms with Crippen LogP contribution in [0.5, 0.6) is 11.5 Å². The summed E-state index contributed by atoms with van der Waals surface area (Å²) in [4.78, 5) is 0. The van der Waals surface area contributed by atoms with Crippen LogP contribution in [-0.4, -0.2) is 13.7 Å². The zero-order valence-electron chi connectivity index (χ0n) is 10.7. The van der Waals surface area contributed by atoms with Gasteiger partial charge >= 0.3 is 0 Å². The molecule has 0 heterocycles. The summed E-state index contributed by atoms with van der Waals surface area (Å²) in [5.74, 6) is 2.12. The number of hydrogen-bond acceptors (Lipinski definition) is 2. The number of benzene rings is 1. The van der Waals surface area contributed by atoms with E-state index in [1.165, 1.54) is 19.3 Å². The number of alkyl halides is 1.